The largest absolute Gasteiger partial charge is 0.367 e. The van der Waals surface area contributed by atoms with Crippen LogP contribution in [0.25, 0.3) is 0 Å². The minimum Gasteiger partial charge on any atom is -0.367 e. The molecule has 1 aliphatic heterocycles. The van der Waals surface area contributed by atoms with Gasteiger partial charge < -0.3 is 14.6 Å². The van der Waals surface area contributed by atoms with Crippen molar-refractivity contribution in [2.45, 2.75) is 45.8 Å². The summed E-state index contributed by atoms with van der Waals surface area (Å²) in [5, 5.41) is 7.51. The fraction of sp³-hybridized carbons (Fsp3) is 0.857. The van der Waals surface area contributed by atoms with E-state index in [2.05, 4.69) is 41.1 Å². The van der Waals surface area contributed by atoms with Gasteiger partial charge in [0.15, 0.2) is 0 Å². The first kappa shape index (κ1) is 15.4. The van der Waals surface area contributed by atoms with Crippen LogP contribution in [0.1, 0.15) is 45.0 Å². The summed E-state index contributed by atoms with van der Waals surface area (Å²) in [5.74, 6) is 1.38. The fourth-order valence-electron chi connectivity index (χ4n) is 2.49. The monoisotopic (exact) mass is 282 g/mol. The molecule has 2 unspecified atom stereocenters. The summed E-state index contributed by atoms with van der Waals surface area (Å²) in [6.07, 6.45) is 1.77. The Morgan fingerprint density at radius 2 is 2.25 bits per heavy atom. The Bertz CT molecular complexity index is 396. The van der Waals surface area contributed by atoms with E-state index in [9.17, 15) is 0 Å². The highest BCUT2D eigenvalue weighted by atomic mass is 16.5. The number of morpholine rings is 1. The van der Waals surface area contributed by atoms with Gasteiger partial charge >= 0.3 is 0 Å². The van der Waals surface area contributed by atoms with Gasteiger partial charge in [-0.2, -0.15) is 4.98 Å². The lowest BCUT2D eigenvalue weighted by atomic mass is 10.1. The molecule has 0 aromatic carbocycles. The van der Waals surface area contributed by atoms with Gasteiger partial charge in [-0.05, 0) is 19.5 Å². The van der Waals surface area contributed by atoms with Crippen LogP contribution in [0, 0.1) is 0 Å². The first-order chi connectivity index (χ1) is 9.76. The zero-order valence-electron chi connectivity index (χ0n) is 12.8. The second-order valence-corrected chi connectivity index (χ2v) is 5.17. The van der Waals surface area contributed by atoms with E-state index in [4.69, 9.17) is 9.26 Å². The van der Waals surface area contributed by atoms with Crippen LogP contribution in [0.5, 0.6) is 0 Å². The summed E-state index contributed by atoms with van der Waals surface area (Å²) < 4.78 is 11.1. The summed E-state index contributed by atoms with van der Waals surface area (Å²) in [6, 6.07) is 0.396. The molecule has 0 spiro atoms. The van der Waals surface area contributed by atoms with Gasteiger partial charge in [-0.25, -0.2) is 0 Å². The van der Waals surface area contributed by atoms with E-state index in [1.165, 1.54) is 0 Å². The molecule has 0 saturated carbocycles. The van der Waals surface area contributed by atoms with E-state index < -0.39 is 0 Å². The third kappa shape index (κ3) is 4.01. The maximum atomic E-state index is 5.75. The number of aromatic nitrogens is 2. The SMILES string of the molecule is CCNC(CC)Cc1nc(C2CN(CC)CCO2)no1. The Balaban J connectivity index is 1.94. The molecule has 1 aliphatic rings. The van der Waals surface area contributed by atoms with Crippen molar-refractivity contribution in [3.05, 3.63) is 11.7 Å². The van der Waals surface area contributed by atoms with Gasteiger partial charge in [0, 0.05) is 25.6 Å². The van der Waals surface area contributed by atoms with E-state index >= 15 is 0 Å². The van der Waals surface area contributed by atoms with Crippen LogP contribution in [0.4, 0.5) is 0 Å². The van der Waals surface area contributed by atoms with Gasteiger partial charge in [-0.1, -0.05) is 25.9 Å². The van der Waals surface area contributed by atoms with Gasteiger partial charge in [0.05, 0.1) is 6.61 Å². The number of nitrogens with zero attached hydrogens (tertiary/aromatic N) is 3. The molecule has 2 heterocycles. The van der Waals surface area contributed by atoms with Crippen molar-refractivity contribution >= 4 is 0 Å². The smallest absolute Gasteiger partial charge is 0.228 e. The van der Waals surface area contributed by atoms with Crippen LogP contribution in [-0.4, -0.2) is 53.9 Å². The third-order valence-corrected chi connectivity index (χ3v) is 3.78. The van der Waals surface area contributed by atoms with Gasteiger partial charge in [0.25, 0.3) is 0 Å². The molecule has 1 aromatic rings. The molecule has 1 N–H and O–H groups in total. The lowest BCUT2D eigenvalue weighted by molar-refractivity contribution is -0.0334. The van der Waals surface area contributed by atoms with E-state index in [1.54, 1.807) is 0 Å². The first-order valence-electron chi connectivity index (χ1n) is 7.66. The zero-order valence-corrected chi connectivity index (χ0v) is 12.8. The Morgan fingerprint density at radius 1 is 1.40 bits per heavy atom. The maximum absolute atomic E-state index is 5.75. The Hall–Kier alpha value is -0.980. The van der Waals surface area contributed by atoms with Crippen LogP contribution in [0.3, 0.4) is 0 Å². The molecule has 1 saturated heterocycles. The Morgan fingerprint density at radius 3 is 2.95 bits per heavy atom. The molecular weight excluding hydrogens is 256 g/mol. The van der Waals surface area contributed by atoms with E-state index in [1.807, 2.05) is 0 Å². The van der Waals surface area contributed by atoms with Crippen molar-refractivity contribution in [1.29, 1.82) is 0 Å². The van der Waals surface area contributed by atoms with Crippen LogP contribution >= 0.6 is 0 Å². The molecule has 0 aliphatic carbocycles. The number of ether oxygens (including phenoxy) is 1. The molecule has 0 amide bonds. The normalized spacial score (nSPS) is 22.1. The number of likely N-dealkylation sites (N-methyl/N-ethyl adjacent to an activating group) is 2. The second-order valence-electron chi connectivity index (χ2n) is 5.17. The maximum Gasteiger partial charge on any atom is 0.228 e. The number of nitrogens with one attached hydrogen (secondary N) is 1. The minimum atomic E-state index is -0.0552. The van der Waals surface area contributed by atoms with Crippen LogP contribution in [-0.2, 0) is 11.2 Å². The molecule has 1 fully saturated rings. The minimum absolute atomic E-state index is 0.0552. The van der Waals surface area contributed by atoms with Crippen molar-refractivity contribution in [2.24, 2.45) is 0 Å². The average Bonchev–Trinajstić information content (AvgIpc) is 2.95. The second kappa shape index (κ2) is 7.71. The van der Waals surface area contributed by atoms with Crippen LogP contribution in [0.15, 0.2) is 4.52 Å². The highest BCUT2D eigenvalue weighted by Gasteiger charge is 2.25. The predicted molar refractivity (Wildman–Crippen MR) is 76.6 cm³/mol. The zero-order chi connectivity index (χ0) is 14.4. The summed E-state index contributed by atoms with van der Waals surface area (Å²) in [6.45, 7) is 11.0. The summed E-state index contributed by atoms with van der Waals surface area (Å²) in [7, 11) is 0. The van der Waals surface area contributed by atoms with Crippen molar-refractivity contribution in [3.63, 3.8) is 0 Å². The number of hydrogen-bond acceptors (Lipinski definition) is 6. The molecule has 20 heavy (non-hydrogen) atoms. The highest BCUT2D eigenvalue weighted by molar-refractivity contribution is 4.95. The van der Waals surface area contributed by atoms with Crippen LogP contribution < -0.4 is 5.32 Å². The average molecular weight is 282 g/mol. The highest BCUT2D eigenvalue weighted by Crippen LogP contribution is 2.19. The van der Waals surface area contributed by atoms with E-state index in [0.717, 1.165) is 45.6 Å². The summed E-state index contributed by atoms with van der Waals surface area (Å²) >= 11 is 0. The van der Waals surface area contributed by atoms with Crippen molar-refractivity contribution < 1.29 is 9.26 Å². The topological polar surface area (TPSA) is 63.4 Å². The lowest BCUT2D eigenvalue weighted by Gasteiger charge is -2.30. The molecule has 0 radical (unpaired) electrons. The van der Waals surface area contributed by atoms with Gasteiger partial charge in [-0.3, -0.25) is 4.90 Å². The van der Waals surface area contributed by atoms with Crippen LogP contribution in [0.2, 0.25) is 0 Å². The molecule has 2 rings (SSSR count). The molecule has 114 valence electrons. The van der Waals surface area contributed by atoms with E-state index in [-0.39, 0.29) is 6.10 Å². The molecule has 6 heteroatoms. The Labute approximate surface area is 120 Å². The number of rotatable bonds is 7. The lowest BCUT2D eigenvalue weighted by Crippen LogP contribution is -2.38. The first-order valence-corrected chi connectivity index (χ1v) is 7.66. The third-order valence-electron chi connectivity index (χ3n) is 3.78. The van der Waals surface area contributed by atoms with E-state index in [0.29, 0.717) is 17.8 Å². The van der Waals surface area contributed by atoms with Gasteiger partial charge in [0.2, 0.25) is 11.7 Å². The Kier molecular flexibility index (Phi) is 5.94. The molecule has 6 nitrogen and oxygen atoms in total. The molecular formula is C14H26N4O2. The van der Waals surface area contributed by atoms with Gasteiger partial charge in [0.1, 0.15) is 6.10 Å². The van der Waals surface area contributed by atoms with Gasteiger partial charge in [-0.15, -0.1) is 0 Å². The van der Waals surface area contributed by atoms with Crippen molar-refractivity contribution in [1.82, 2.24) is 20.4 Å². The standard InChI is InChI=1S/C14H26N4O2/c1-4-11(15-5-2)9-13-16-14(17-20-13)12-10-18(6-3)7-8-19-12/h11-12,15H,4-10H2,1-3H3. The predicted octanol–water partition coefficient (Wildman–Crippen LogP) is 1.39. The quantitative estimate of drug-likeness (QED) is 0.815. The summed E-state index contributed by atoms with van der Waals surface area (Å²) in [5.41, 5.74) is 0. The number of hydrogen-bond donors (Lipinski definition) is 1. The molecule has 0 bridgehead atoms. The van der Waals surface area contributed by atoms with Crippen molar-refractivity contribution in [2.75, 3.05) is 32.8 Å². The fourth-order valence-corrected chi connectivity index (χ4v) is 2.49. The summed E-state index contributed by atoms with van der Waals surface area (Å²) in [4.78, 5) is 6.85. The van der Waals surface area contributed by atoms with Crippen molar-refractivity contribution in [3.8, 4) is 0 Å². The molecule has 1 aromatic heterocycles. The molecule has 2 atom stereocenters.